The third-order valence-corrected chi connectivity index (χ3v) is 6.63. The standard InChI is InChI=1S/C30H32F2N4O4.2CH4O3S/c1-35(21-7-9-23(33-17-21)19-13-25(37-3)29(31)26(14-19)38-4)11-12-36(2)22-8-10-24(34-18-22)20-15-27(39-5)30(32)28(16-20)40-6;2*1-5(2,3)4/h7-10,13-18H,11-12H2,1-6H3;2*1H3,(H,2,3,4). The first-order valence-corrected chi connectivity index (χ1v) is 18.0. The zero-order valence-corrected chi connectivity index (χ0v) is 30.3. The number of hydrogen-bond donors (Lipinski definition) is 2. The first-order chi connectivity index (χ1) is 23.3. The average molecular weight is 743 g/mol. The smallest absolute Gasteiger partial charge is 0.261 e. The molecule has 4 rings (SSSR count). The molecule has 0 aliphatic heterocycles. The van der Waals surface area contributed by atoms with Gasteiger partial charge in [0.05, 0.1) is 76.1 Å². The zero-order chi connectivity index (χ0) is 37.8. The number of nitrogens with zero attached hydrogens (tertiary/aromatic N) is 4. The van der Waals surface area contributed by atoms with Gasteiger partial charge in [0.25, 0.3) is 20.2 Å². The van der Waals surface area contributed by atoms with E-state index in [1.165, 1.54) is 28.4 Å². The number of methoxy groups -OCH3 is 4. The lowest BCUT2D eigenvalue weighted by molar-refractivity contribution is 0.351. The van der Waals surface area contributed by atoms with Gasteiger partial charge in [0.1, 0.15) is 0 Å². The van der Waals surface area contributed by atoms with E-state index in [0.29, 0.717) is 35.0 Å². The van der Waals surface area contributed by atoms with E-state index in [2.05, 4.69) is 19.8 Å². The topological polar surface area (TPSA) is 178 Å². The number of benzene rings is 2. The molecule has 2 heterocycles. The monoisotopic (exact) mass is 742 g/mol. The van der Waals surface area contributed by atoms with Gasteiger partial charge in [-0.15, -0.1) is 0 Å². The van der Waals surface area contributed by atoms with E-state index in [-0.39, 0.29) is 23.0 Å². The molecule has 4 aromatic rings. The Morgan fingerprint density at radius 2 is 0.860 bits per heavy atom. The number of anilines is 2. The summed E-state index contributed by atoms with van der Waals surface area (Å²) in [5, 5.41) is 0. The summed E-state index contributed by atoms with van der Waals surface area (Å²) in [5.41, 5.74) is 4.61. The highest BCUT2D eigenvalue weighted by Crippen LogP contribution is 2.34. The Kier molecular flexibility index (Phi) is 15.1. The van der Waals surface area contributed by atoms with Gasteiger partial charge < -0.3 is 28.7 Å². The minimum absolute atomic E-state index is 0.0972. The fourth-order valence-corrected chi connectivity index (χ4v) is 4.16. The van der Waals surface area contributed by atoms with E-state index >= 15 is 0 Å². The Morgan fingerprint density at radius 3 is 1.06 bits per heavy atom. The summed E-state index contributed by atoms with van der Waals surface area (Å²) in [4.78, 5) is 13.3. The predicted octanol–water partition coefficient (Wildman–Crippen LogP) is 4.70. The molecule has 0 atom stereocenters. The molecule has 2 aromatic heterocycles. The van der Waals surface area contributed by atoms with Crippen LogP contribution in [0.3, 0.4) is 0 Å². The lowest BCUT2D eigenvalue weighted by Crippen LogP contribution is -2.30. The summed E-state index contributed by atoms with van der Waals surface area (Å²) in [5.74, 6) is -0.704. The molecule has 50 heavy (non-hydrogen) atoms. The number of aromatic nitrogens is 2. The van der Waals surface area contributed by atoms with Crippen LogP contribution < -0.4 is 28.7 Å². The molecular formula is C32H40F2N4O10S2. The van der Waals surface area contributed by atoms with Crippen LogP contribution >= 0.6 is 0 Å². The minimum atomic E-state index is -3.67. The van der Waals surface area contributed by atoms with Crippen molar-refractivity contribution in [2.45, 2.75) is 0 Å². The van der Waals surface area contributed by atoms with Crippen molar-refractivity contribution in [3.8, 4) is 45.5 Å². The minimum Gasteiger partial charge on any atom is -0.494 e. The largest absolute Gasteiger partial charge is 0.494 e. The van der Waals surface area contributed by atoms with Crippen molar-refractivity contribution in [2.75, 3.05) is 77.9 Å². The maximum Gasteiger partial charge on any atom is 0.261 e. The van der Waals surface area contributed by atoms with Gasteiger partial charge in [-0.3, -0.25) is 19.1 Å². The summed E-state index contributed by atoms with van der Waals surface area (Å²) in [6.45, 7) is 1.45. The van der Waals surface area contributed by atoms with E-state index in [1.807, 2.05) is 38.4 Å². The fraction of sp³-hybridized carbons (Fsp3) is 0.312. The molecule has 0 spiro atoms. The molecule has 0 amide bonds. The maximum absolute atomic E-state index is 14.3. The highest BCUT2D eigenvalue weighted by molar-refractivity contribution is 7.85. The Bertz CT molecular complexity index is 1720. The zero-order valence-electron chi connectivity index (χ0n) is 28.7. The van der Waals surface area contributed by atoms with E-state index < -0.39 is 31.9 Å². The number of halogens is 2. The summed E-state index contributed by atoms with van der Waals surface area (Å²) in [6, 6.07) is 14.1. The quantitative estimate of drug-likeness (QED) is 0.202. The highest BCUT2D eigenvalue weighted by atomic mass is 32.2. The lowest BCUT2D eigenvalue weighted by Gasteiger charge is -2.25. The SMILES string of the molecule is COc1cc(-c2ccc(N(C)CCN(C)c3ccc(-c4cc(OC)c(F)c(OC)c4)nc3)cn2)cc(OC)c1F.CS(=O)(=O)O.CS(=O)(=O)O. The second-order valence-corrected chi connectivity index (χ2v) is 13.4. The van der Waals surface area contributed by atoms with E-state index in [9.17, 15) is 25.6 Å². The molecule has 0 unspecified atom stereocenters. The Hall–Kier alpha value is -4.78. The van der Waals surface area contributed by atoms with Crippen LogP contribution in [0.4, 0.5) is 20.2 Å². The first-order valence-electron chi connectivity index (χ1n) is 14.3. The van der Waals surface area contributed by atoms with Crippen molar-refractivity contribution >= 4 is 31.6 Å². The van der Waals surface area contributed by atoms with Gasteiger partial charge in [-0.25, -0.2) is 0 Å². The molecule has 0 bridgehead atoms. The molecule has 2 N–H and O–H groups in total. The van der Waals surface area contributed by atoms with Crippen LogP contribution in [0.5, 0.6) is 23.0 Å². The second kappa shape index (κ2) is 18.3. The van der Waals surface area contributed by atoms with Crippen LogP contribution in [0.25, 0.3) is 22.5 Å². The van der Waals surface area contributed by atoms with Crippen LogP contribution in [-0.2, 0) is 20.2 Å². The van der Waals surface area contributed by atoms with Crippen molar-refractivity contribution < 1.29 is 53.7 Å². The summed E-state index contributed by atoms with van der Waals surface area (Å²) in [6.07, 6.45) is 4.98. The molecular weight excluding hydrogens is 703 g/mol. The molecule has 0 saturated heterocycles. The second-order valence-electron chi connectivity index (χ2n) is 10.5. The van der Waals surface area contributed by atoms with Gasteiger partial charge in [-0.2, -0.15) is 25.6 Å². The molecule has 0 fully saturated rings. The van der Waals surface area contributed by atoms with E-state index in [1.54, 1.807) is 36.7 Å². The van der Waals surface area contributed by atoms with Crippen LogP contribution in [-0.4, -0.2) is 104 Å². The summed E-state index contributed by atoms with van der Waals surface area (Å²) in [7, 11) is 2.30. The molecule has 274 valence electrons. The van der Waals surface area contributed by atoms with Crippen molar-refractivity contribution in [3.63, 3.8) is 0 Å². The number of ether oxygens (including phenoxy) is 4. The van der Waals surface area contributed by atoms with Crippen molar-refractivity contribution in [3.05, 3.63) is 72.6 Å². The Labute approximate surface area is 290 Å². The van der Waals surface area contributed by atoms with Gasteiger partial charge in [0.2, 0.25) is 11.6 Å². The van der Waals surface area contributed by atoms with Crippen molar-refractivity contribution in [2.24, 2.45) is 0 Å². The van der Waals surface area contributed by atoms with Crippen molar-refractivity contribution in [1.82, 2.24) is 9.97 Å². The molecule has 2 aromatic carbocycles. The molecule has 0 aliphatic rings. The van der Waals surface area contributed by atoms with Gasteiger partial charge in [0.15, 0.2) is 23.0 Å². The number of rotatable bonds is 11. The van der Waals surface area contributed by atoms with E-state index in [4.69, 9.17) is 28.1 Å². The van der Waals surface area contributed by atoms with Crippen LogP contribution in [0, 0.1) is 11.6 Å². The first kappa shape index (κ1) is 41.4. The van der Waals surface area contributed by atoms with E-state index in [0.717, 1.165) is 24.5 Å². The molecule has 0 radical (unpaired) electrons. The number of likely N-dealkylation sites (N-methyl/N-ethyl adjacent to an activating group) is 2. The van der Waals surface area contributed by atoms with Gasteiger partial charge >= 0.3 is 0 Å². The van der Waals surface area contributed by atoms with Crippen molar-refractivity contribution in [1.29, 1.82) is 0 Å². The normalized spacial score (nSPS) is 10.9. The Balaban J connectivity index is 0.000000761. The fourth-order valence-electron chi connectivity index (χ4n) is 4.16. The summed E-state index contributed by atoms with van der Waals surface area (Å²) >= 11 is 0. The Morgan fingerprint density at radius 1 is 0.600 bits per heavy atom. The van der Waals surface area contributed by atoms with Crippen LogP contribution in [0.15, 0.2) is 60.9 Å². The lowest BCUT2D eigenvalue weighted by atomic mass is 10.1. The maximum atomic E-state index is 14.3. The third-order valence-electron chi connectivity index (χ3n) is 6.63. The number of hydrogen-bond acceptors (Lipinski definition) is 12. The highest BCUT2D eigenvalue weighted by Gasteiger charge is 2.16. The van der Waals surface area contributed by atoms with Crippen LogP contribution in [0.1, 0.15) is 0 Å². The average Bonchev–Trinajstić information content (AvgIpc) is 3.06. The van der Waals surface area contributed by atoms with Crippen LogP contribution in [0.2, 0.25) is 0 Å². The molecule has 14 nitrogen and oxygen atoms in total. The summed E-state index contributed by atoms with van der Waals surface area (Å²) < 4.78 is 101. The predicted molar refractivity (Wildman–Crippen MR) is 187 cm³/mol. The molecule has 18 heteroatoms. The molecule has 0 aliphatic carbocycles. The molecule has 0 saturated carbocycles. The third kappa shape index (κ3) is 13.3. The van der Waals surface area contributed by atoms with Gasteiger partial charge in [-0.05, 0) is 48.5 Å². The van der Waals surface area contributed by atoms with Gasteiger partial charge in [-0.1, -0.05) is 0 Å². The van der Waals surface area contributed by atoms with Gasteiger partial charge in [0, 0.05) is 38.3 Å². The number of pyridine rings is 2.